The largest absolute Gasteiger partial charge is 0.480 e. The number of carbonyl (C=O) groups excluding carboxylic acids is 1. The molecule has 1 heterocycles. The second kappa shape index (κ2) is 5.05. The fourth-order valence-electron chi connectivity index (χ4n) is 1.30. The summed E-state index contributed by atoms with van der Waals surface area (Å²) in [6, 6.07) is -0.681. The average Bonchev–Trinajstić information content (AvgIpc) is 2.62. The maximum Gasteiger partial charge on any atom is 0.336 e. The zero-order valence-corrected chi connectivity index (χ0v) is 10.5. The predicted octanol–water partition coefficient (Wildman–Crippen LogP) is 0.834. The highest BCUT2D eigenvalue weighted by atomic mass is 32.2. The first-order valence-electron chi connectivity index (χ1n) is 5.24. The smallest absolute Gasteiger partial charge is 0.336 e. The molecule has 16 heavy (non-hydrogen) atoms. The number of carboxylic acid groups (broad SMARTS) is 1. The summed E-state index contributed by atoms with van der Waals surface area (Å²) in [5.74, 6) is -0.954. The number of aliphatic carboxylic acids is 1. The first-order chi connectivity index (χ1) is 7.39. The van der Waals surface area contributed by atoms with Crippen LogP contribution in [0, 0.1) is 0 Å². The van der Waals surface area contributed by atoms with Crippen molar-refractivity contribution in [1.29, 1.82) is 0 Å². The lowest BCUT2D eigenvalue weighted by Crippen LogP contribution is -2.49. The third-order valence-corrected chi connectivity index (χ3v) is 3.92. The molecule has 0 bridgehead atoms. The quantitative estimate of drug-likeness (QED) is 0.717. The van der Waals surface area contributed by atoms with Gasteiger partial charge < -0.3 is 9.84 Å². The van der Waals surface area contributed by atoms with Crippen molar-refractivity contribution in [2.45, 2.75) is 44.2 Å². The molecule has 1 rings (SSSR count). The van der Waals surface area contributed by atoms with Crippen LogP contribution in [0.1, 0.15) is 27.2 Å². The van der Waals surface area contributed by atoms with Gasteiger partial charge in [0.15, 0.2) is 4.87 Å². The Morgan fingerprint density at radius 1 is 1.69 bits per heavy atom. The van der Waals surface area contributed by atoms with Crippen molar-refractivity contribution in [1.82, 2.24) is 5.32 Å². The predicted molar refractivity (Wildman–Crippen MR) is 61.3 cm³/mol. The van der Waals surface area contributed by atoms with E-state index in [0.29, 0.717) is 5.75 Å². The van der Waals surface area contributed by atoms with Crippen molar-refractivity contribution in [3.8, 4) is 0 Å². The molecule has 1 aliphatic rings. The van der Waals surface area contributed by atoms with E-state index in [0.717, 1.165) is 6.42 Å². The van der Waals surface area contributed by atoms with E-state index in [1.807, 2.05) is 13.8 Å². The molecule has 1 aliphatic heterocycles. The fraction of sp³-hybridized carbons (Fsp3) is 0.800. The van der Waals surface area contributed by atoms with E-state index in [1.54, 1.807) is 6.92 Å². The lowest BCUT2D eigenvalue weighted by molar-refractivity contribution is -0.152. The Bertz CT molecular complexity index is 297. The molecule has 0 aliphatic carbocycles. The summed E-state index contributed by atoms with van der Waals surface area (Å²) < 4.78 is 5.20. The number of hydrogen-bond donors (Lipinski definition) is 2. The molecule has 0 aromatic heterocycles. The van der Waals surface area contributed by atoms with Crippen molar-refractivity contribution < 1.29 is 19.4 Å². The lowest BCUT2D eigenvalue weighted by atomic mass is 10.2. The number of esters is 1. The summed E-state index contributed by atoms with van der Waals surface area (Å²) in [5, 5.41) is 11.6. The molecule has 2 unspecified atom stereocenters. The Morgan fingerprint density at radius 2 is 2.31 bits per heavy atom. The molecule has 6 heteroatoms. The van der Waals surface area contributed by atoms with Crippen LogP contribution in [0.3, 0.4) is 0 Å². The van der Waals surface area contributed by atoms with Crippen molar-refractivity contribution in [3.63, 3.8) is 0 Å². The van der Waals surface area contributed by atoms with E-state index in [2.05, 4.69) is 5.32 Å². The topological polar surface area (TPSA) is 75.6 Å². The van der Waals surface area contributed by atoms with Crippen LogP contribution >= 0.6 is 11.8 Å². The third kappa shape index (κ3) is 2.89. The van der Waals surface area contributed by atoms with Gasteiger partial charge in [0, 0.05) is 5.75 Å². The van der Waals surface area contributed by atoms with Gasteiger partial charge in [0.05, 0.1) is 6.10 Å². The number of thioether (sulfide) groups is 1. The maximum atomic E-state index is 11.8. The zero-order chi connectivity index (χ0) is 12.3. The SMILES string of the molecule is CCC(C)OC(=O)C1(C)N[C@H](C(=O)O)CS1. The van der Waals surface area contributed by atoms with Crippen LogP contribution in [0.4, 0.5) is 0 Å². The van der Waals surface area contributed by atoms with Gasteiger partial charge in [-0.15, -0.1) is 11.8 Å². The first kappa shape index (κ1) is 13.3. The summed E-state index contributed by atoms with van der Waals surface area (Å²) >= 11 is 1.28. The molecular formula is C10H17NO4S. The van der Waals surface area contributed by atoms with E-state index in [4.69, 9.17) is 9.84 Å². The molecule has 5 nitrogen and oxygen atoms in total. The monoisotopic (exact) mass is 247 g/mol. The lowest BCUT2D eigenvalue weighted by Gasteiger charge is -2.24. The van der Waals surface area contributed by atoms with Gasteiger partial charge in [-0.1, -0.05) is 6.92 Å². The molecule has 0 amide bonds. The molecule has 1 fully saturated rings. The first-order valence-corrected chi connectivity index (χ1v) is 6.23. The van der Waals surface area contributed by atoms with E-state index in [-0.39, 0.29) is 6.10 Å². The Hall–Kier alpha value is -0.750. The van der Waals surface area contributed by atoms with Crippen molar-refractivity contribution in [3.05, 3.63) is 0 Å². The van der Waals surface area contributed by atoms with Gasteiger partial charge >= 0.3 is 11.9 Å². The summed E-state index contributed by atoms with van der Waals surface area (Å²) in [6.07, 6.45) is 0.602. The van der Waals surface area contributed by atoms with Crippen LogP contribution in [0.5, 0.6) is 0 Å². The minimum Gasteiger partial charge on any atom is -0.480 e. The Kier molecular flexibility index (Phi) is 4.21. The Labute approximate surface area is 98.9 Å². The van der Waals surface area contributed by atoms with E-state index < -0.39 is 22.9 Å². The minimum atomic E-state index is -0.938. The molecule has 0 spiro atoms. The summed E-state index contributed by atoms with van der Waals surface area (Å²) in [7, 11) is 0. The number of nitrogens with one attached hydrogen (secondary N) is 1. The summed E-state index contributed by atoms with van der Waals surface area (Å²) in [6.45, 7) is 5.40. The van der Waals surface area contributed by atoms with Gasteiger partial charge in [0.25, 0.3) is 0 Å². The number of carboxylic acids is 1. The molecule has 0 aromatic rings. The number of carbonyl (C=O) groups is 2. The van der Waals surface area contributed by atoms with Gasteiger partial charge in [-0.05, 0) is 20.3 Å². The van der Waals surface area contributed by atoms with Crippen LogP contribution in [-0.4, -0.2) is 39.8 Å². The highest BCUT2D eigenvalue weighted by Crippen LogP contribution is 2.31. The second-order valence-corrected chi connectivity index (χ2v) is 5.44. The number of rotatable bonds is 4. The summed E-state index contributed by atoms with van der Waals surface area (Å²) in [5.41, 5.74) is 0. The maximum absolute atomic E-state index is 11.8. The second-order valence-electron chi connectivity index (χ2n) is 4.00. The normalized spacial score (nSPS) is 31.1. The Morgan fingerprint density at radius 3 is 2.75 bits per heavy atom. The van der Waals surface area contributed by atoms with E-state index in [1.165, 1.54) is 11.8 Å². The van der Waals surface area contributed by atoms with Gasteiger partial charge in [0.1, 0.15) is 6.04 Å². The Balaban J connectivity index is 2.59. The fourth-order valence-corrected chi connectivity index (χ4v) is 2.41. The van der Waals surface area contributed by atoms with Crippen molar-refractivity contribution >= 4 is 23.7 Å². The molecule has 0 saturated carbocycles. The van der Waals surface area contributed by atoms with Crippen LogP contribution in [-0.2, 0) is 14.3 Å². The van der Waals surface area contributed by atoms with E-state index >= 15 is 0 Å². The van der Waals surface area contributed by atoms with Crippen molar-refractivity contribution in [2.75, 3.05) is 5.75 Å². The zero-order valence-electron chi connectivity index (χ0n) is 9.65. The van der Waals surface area contributed by atoms with Gasteiger partial charge in [-0.25, -0.2) is 4.79 Å². The number of ether oxygens (including phenoxy) is 1. The molecule has 1 saturated heterocycles. The minimum absolute atomic E-state index is 0.143. The van der Waals surface area contributed by atoms with Gasteiger partial charge in [-0.2, -0.15) is 0 Å². The van der Waals surface area contributed by atoms with Crippen LogP contribution in [0.2, 0.25) is 0 Å². The molecular weight excluding hydrogens is 230 g/mol. The van der Waals surface area contributed by atoms with Crippen LogP contribution in [0.25, 0.3) is 0 Å². The van der Waals surface area contributed by atoms with Crippen LogP contribution in [0.15, 0.2) is 0 Å². The molecule has 2 N–H and O–H groups in total. The standard InChI is InChI=1S/C10H17NO4S/c1-4-6(2)15-9(14)10(3)11-7(5-16-10)8(12)13/h6-7,11H,4-5H2,1-3H3,(H,12,13)/t6?,7-,10?/m0/s1. The molecule has 3 atom stereocenters. The van der Waals surface area contributed by atoms with Gasteiger partial charge in [-0.3, -0.25) is 10.1 Å². The van der Waals surface area contributed by atoms with E-state index in [9.17, 15) is 9.59 Å². The molecule has 0 aromatic carbocycles. The van der Waals surface area contributed by atoms with Gasteiger partial charge in [0.2, 0.25) is 0 Å². The van der Waals surface area contributed by atoms with Crippen molar-refractivity contribution in [2.24, 2.45) is 0 Å². The summed E-state index contributed by atoms with van der Waals surface area (Å²) in [4.78, 5) is 21.6. The molecule has 92 valence electrons. The highest BCUT2D eigenvalue weighted by Gasteiger charge is 2.45. The average molecular weight is 247 g/mol. The highest BCUT2D eigenvalue weighted by molar-refractivity contribution is 8.01. The van der Waals surface area contributed by atoms with Crippen LogP contribution < -0.4 is 5.32 Å². The number of hydrogen-bond acceptors (Lipinski definition) is 5. The molecule has 0 radical (unpaired) electrons. The third-order valence-electron chi connectivity index (χ3n) is 2.56.